The third-order valence-electron chi connectivity index (χ3n) is 3.87. The number of aromatic amines is 1. The minimum absolute atomic E-state index is 0.569. The van der Waals surface area contributed by atoms with Gasteiger partial charge in [-0.2, -0.15) is 4.98 Å². The van der Waals surface area contributed by atoms with Crippen molar-refractivity contribution in [1.29, 1.82) is 0 Å². The number of hydrogen-bond acceptors (Lipinski definition) is 4. The molecular formula is C15H21N5. The molecule has 5 heteroatoms. The zero-order valence-corrected chi connectivity index (χ0v) is 11.6. The highest BCUT2D eigenvalue weighted by Crippen LogP contribution is 2.19. The molecule has 3 N–H and O–H groups in total. The van der Waals surface area contributed by atoms with E-state index in [1.165, 1.54) is 18.4 Å². The summed E-state index contributed by atoms with van der Waals surface area (Å²) in [5.41, 5.74) is 7.02. The first-order valence-electron chi connectivity index (χ1n) is 7.25. The third kappa shape index (κ3) is 2.99. The summed E-state index contributed by atoms with van der Waals surface area (Å²) in [5.74, 6) is 2.30. The van der Waals surface area contributed by atoms with E-state index in [1.54, 1.807) is 0 Å². The van der Waals surface area contributed by atoms with E-state index >= 15 is 0 Å². The highest BCUT2D eigenvalue weighted by molar-refractivity contribution is 5.30. The fourth-order valence-electron chi connectivity index (χ4n) is 2.73. The number of nitrogens with one attached hydrogen (secondary N) is 1. The van der Waals surface area contributed by atoms with E-state index < -0.39 is 0 Å². The van der Waals surface area contributed by atoms with Crippen molar-refractivity contribution in [2.24, 2.45) is 11.7 Å². The van der Waals surface area contributed by atoms with Crippen molar-refractivity contribution in [1.82, 2.24) is 15.2 Å². The molecule has 2 heterocycles. The average molecular weight is 271 g/mol. The van der Waals surface area contributed by atoms with Gasteiger partial charge in [-0.05, 0) is 30.9 Å². The lowest BCUT2D eigenvalue weighted by Crippen LogP contribution is -2.39. The van der Waals surface area contributed by atoms with Crippen LogP contribution in [0.3, 0.4) is 0 Å². The fourth-order valence-corrected chi connectivity index (χ4v) is 2.73. The molecule has 0 saturated carbocycles. The van der Waals surface area contributed by atoms with E-state index in [1.807, 2.05) is 18.2 Å². The van der Waals surface area contributed by atoms with Crippen LogP contribution in [0.1, 0.15) is 24.2 Å². The van der Waals surface area contributed by atoms with Crippen LogP contribution in [0.2, 0.25) is 0 Å². The van der Waals surface area contributed by atoms with Crippen LogP contribution in [0.15, 0.2) is 30.3 Å². The molecular weight excluding hydrogens is 250 g/mol. The minimum atomic E-state index is 0.569. The summed E-state index contributed by atoms with van der Waals surface area (Å²) < 4.78 is 0. The number of anilines is 1. The van der Waals surface area contributed by atoms with E-state index in [-0.39, 0.29) is 0 Å². The Morgan fingerprint density at radius 3 is 2.95 bits per heavy atom. The Kier molecular flexibility index (Phi) is 3.97. The monoisotopic (exact) mass is 271 g/mol. The highest BCUT2D eigenvalue weighted by atomic mass is 15.4. The molecule has 0 spiro atoms. The van der Waals surface area contributed by atoms with Crippen LogP contribution in [0, 0.1) is 5.92 Å². The number of rotatable bonds is 4. The smallest absolute Gasteiger partial charge is 0.244 e. The molecule has 2 aromatic rings. The SMILES string of the molecule is NCC1CCCN(c2n[nH]c(Cc3ccccc3)n2)C1. The molecule has 3 rings (SSSR count). The topological polar surface area (TPSA) is 70.8 Å². The molecule has 0 amide bonds. The molecule has 0 aliphatic carbocycles. The summed E-state index contributed by atoms with van der Waals surface area (Å²) in [7, 11) is 0. The number of nitrogens with two attached hydrogens (primary N) is 1. The quantitative estimate of drug-likeness (QED) is 0.885. The lowest BCUT2D eigenvalue weighted by molar-refractivity contribution is 0.420. The summed E-state index contributed by atoms with van der Waals surface area (Å²) in [6.07, 6.45) is 3.18. The Morgan fingerprint density at radius 2 is 2.15 bits per heavy atom. The Balaban J connectivity index is 1.67. The van der Waals surface area contributed by atoms with Gasteiger partial charge in [0.15, 0.2) is 0 Å². The van der Waals surface area contributed by atoms with Crippen molar-refractivity contribution in [3.8, 4) is 0 Å². The number of aromatic nitrogens is 3. The number of H-pyrrole nitrogens is 1. The maximum Gasteiger partial charge on any atom is 0.244 e. The standard InChI is InChI=1S/C15H21N5/c16-10-13-7-4-8-20(11-13)15-17-14(18-19-15)9-12-5-2-1-3-6-12/h1-3,5-6,13H,4,7-11,16H2,(H,17,18,19). The molecule has 106 valence electrons. The Morgan fingerprint density at radius 1 is 1.30 bits per heavy atom. The van der Waals surface area contributed by atoms with Gasteiger partial charge in [0, 0.05) is 19.5 Å². The predicted molar refractivity (Wildman–Crippen MR) is 79.6 cm³/mol. The summed E-state index contributed by atoms with van der Waals surface area (Å²) in [6, 6.07) is 10.3. The Hall–Kier alpha value is -1.88. The van der Waals surface area contributed by atoms with Gasteiger partial charge in [0.25, 0.3) is 0 Å². The zero-order chi connectivity index (χ0) is 13.8. The van der Waals surface area contributed by atoms with E-state index in [0.29, 0.717) is 5.92 Å². The molecule has 0 bridgehead atoms. The molecule has 1 aliphatic heterocycles. The molecule has 20 heavy (non-hydrogen) atoms. The minimum Gasteiger partial charge on any atom is -0.339 e. The van der Waals surface area contributed by atoms with Crippen LogP contribution >= 0.6 is 0 Å². The normalized spacial score (nSPS) is 19.2. The Labute approximate surface area is 119 Å². The largest absolute Gasteiger partial charge is 0.339 e. The molecule has 5 nitrogen and oxygen atoms in total. The molecule has 1 aromatic heterocycles. The lowest BCUT2D eigenvalue weighted by atomic mass is 9.99. The van der Waals surface area contributed by atoms with Gasteiger partial charge in [0.2, 0.25) is 5.95 Å². The van der Waals surface area contributed by atoms with Crippen molar-refractivity contribution in [3.05, 3.63) is 41.7 Å². The molecule has 1 aromatic carbocycles. The maximum absolute atomic E-state index is 5.78. The van der Waals surface area contributed by atoms with E-state index in [0.717, 1.165) is 37.8 Å². The van der Waals surface area contributed by atoms with Gasteiger partial charge in [-0.1, -0.05) is 30.3 Å². The molecule has 1 aliphatic rings. The van der Waals surface area contributed by atoms with Gasteiger partial charge < -0.3 is 10.6 Å². The maximum atomic E-state index is 5.78. The van der Waals surface area contributed by atoms with Crippen molar-refractivity contribution >= 4 is 5.95 Å². The average Bonchev–Trinajstić information content (AvgIpc) is 2.97. The van der Waals surface area contributed by atoms with Crippen LogP contribution in [-0.2, 0) is 6.42 Å². The summed E-state index contributed by atoms with van der Waals surface area (Å²) in [4.78, 5) is 6.86. The summed E-state index contributed by atoms with van der Waals surface area (Å²) >= 11 is 0. The first-order valence-corrected chi connectivity index (χ1v) is 7.25. The molecule has 1 fully saturated rings. The molecule has 1 saturated heterocycles. The van der Waals surface area contributed by atoms with E-state index in [9.17, 15) is 0 Å². The first-order chi connectivity index (χ1) is 9.85. The molecule has 0 radical (unpaired) electrons. The van der Waals surface area contributed by atoms with Gasteiger partial charge in [-0.15, -0.1) is 5.10 Å². The first kappa shape index (κ1) is 13.1. The second-order valence-corrected chi connectivity index (χ2v) is 5.43. The van der Waals surface area contributed by atoms with Gasteiger partial charge in [0.05, 0.1) is 0 Å². The van der Waals surface area contributed by atoms with Gasteiger partial charge in [-0.25, -0.2) is 0 Å². The highest BCUT2D eigenvalue weighted by Gasteiger charge is 2.21. The second-order valence-electron chi connectivity index (χ2n) is 5.43. The van der Waals surface area contributed by atoms with Crippen LogP contribution < -0.4 is 10.6 Å². The third-order valence-corrected chi connectivity index (χ3v) is 3.87. The van der Waals surface area contributed by atoms with Crippen molar-refractivity contribution in [3.63, 3.8) is 0 Å². The van der Waals surface area contributed by atoms with Crippen LogP contribution in [0.25, 0.3) is 0 Å². The number of benzene rings is 1. The van der Waals surface area contributed by atoms with Crippen LogP contribution in [-0.4, -0.2) is 34.8 Å². The Bertz CT molecular complexity index is 536. The van der Waals surface area contributed by atoms with E-state index in [4.69, 9.17) is 5.73 Å². The van der Waals surface area contributed by atoms with Gasteiger partial charge >= 0.3 is 0 Å². The number of nitrogens with zero attached hydrogens (tertiary/aromatic N) is 3. The van der Waals surface area contributed by atoms with Crippen LogP contribution in [0.5, 0.6) is 0 Å². The molecule has 1 unspecified atom stereocenters. The summed E-state index contributed by atoms with van der Waals surface area (Å²) in [5, 5.41) is 7.40. The van der Waals surface area contributed by atoms with Gasteiger partial charge in [0.1, 0.15) is 5.82 Å². The zero-order valence-electron chi connectivity index (χ0n) is 11.6. The van der Waals surface area contributed by atoms with Crippen molar-refractivity contribution < 1.29 is 0 Å². The lowest BCUT2D eigenvalue weighted by Gasteiger charge is -2.31. The second kappa shape index (κ2) is 6.05. The van der Waals surface area contributed by atoms with E-state index in [2.05, 4.69) is 32.2 Å². The fraction of sp³-hybridized carbons (Fsp3) is 0.467. The predicted octanol–water partition coefficient (Wildman–Crippen LogP) is 1.57. The summed E-state index contributed by atoms with van der Waals surface area (Å²) in [6.45, 7) is 2.75. The number of hydrogen-bond donors (Lipinski definition) is 2. The van der Waals surface area contributed by atoms with Crippen molar-refractivity contribution in [2.75, 3.05) is 24.5 Å². The van der Waals surface area contributed by atoms with Gasteiger partial charge in [-0.3, -0.25) is 5.10 Å². The molecule has 1 atom stereocenters. The van der Waals surface area contributed by atoms with Crippen LogP contribution in [0.4, 0.5) is 5.95 Å². The van der Waals surface area contributed by atoms with Crippen molar-refractivity contribution in [2.45, 2.75) is 19.3 Å². The number of piperidine rings is 1.